The van der Waals surface area contributed by atoms with Gasteiger partial charge in [-0.25, -0.2) is 0 Å². The summed E-state index contributed by atoms with van der Waals surface area (Å²) in [5.74, 6) is 0. The summed E-state index contributed by atoms with van der Waals surface area (Å²) in [6.45, 7) is 7.69. The zero-order chi connectivity index (χ0) is 9.68. The van der Waals surface area contributed by atoms with E-state index >= 15 is 0 Å². The van der Waals surface area contributed by atoms with E-state index < -0.39 is 0 Å². The van der Waals surface area contributed by atoms with Crippen LogP contribution in [0.25, 0.3) is 0 Å². The zero-order valence-corrected chi connectivity index (χ0v) is 8.14. The normalized spacial score (nSPS) is 23.7. The molecule has 0 bridgehead atoms. The molecule has 74 valence electrons. The van der Waals surface area contributed by atoms with Crippen molar-refractivity contribution in [3.05, 3.63) is 23.9 Å². The predicted molar refractivity (Wildman–Crippen MR) is 54.4 cm³/mol. The lowest BCUT2D eigenvalue weighted by atomic mass is 10.1. The molecule has 0 amide bonds. The van der Waals surface area contributed by atoms with Gasteiger partial charge in [-0.3, -0.25) is 0 Å². The summed E-state index contributed by atoms with van der Waals surface area (Å²) in [6.07, 6.45) is 2.83. The third-order valence-electron chi connectivity index (χ3n) is 2.29. The summed E-state index contributed by atoms with van der Waals surface area (Å²) in [4.78, 5) is 0. The third kappa shape index (κ3) is 2.57. The van der Waals surface area contributed by atoms with Crippen molar-refractivity contribution in [3.8, 4) is 0 Å². The van der Waals surface area contributed by atoms with Crippen LogP contribution in [0.1, 0.15) is 13.3 Å². The van der Waals surface area contributed by atoms with E-state index in [-0.39, 0.29) is 12.6 Å². The van der Waals surface area contributed by atoms with E-state index in [4.69, 9.17) is 5.11 Å². The van der Waals surface area contributed by atoms with Crippen molar-refractivity contribution in [3.63, 3.8) is 0 Å². The monoisotopic (exact) mass is 182 g/mol. The Morgan fingerprint density at radius 1 is 1.69 bits per heavy atom. The molecule has 0 aliphatic carbocycles. The molecule has 0 aromatic carbocycles. The second-order valence-electron chi connectivity index (χ2n) is 3.22. The van der Waals surface area contributed by atoms with Crippen molar-refractivity contribution >= 4 is 0 Å². The van der Waals surface area contributed by atoms with Gasteiger partial charge in [0.25, 0.3) is 0 Å². The third-order valence-corrected chi connectivity index (χ3v) is 2.29. The minimum absolute atomic E-state index is 0.132. The maximum atomic E-state index is 9.04. The standard InChI is InChI=1S/C10H18N2O/c1-3-8-5-11-6-9(7-13)12-10(8)4-2/h3,9,11-13H,1,4-7H2,2H3. The Morgan fingerprint density at radius 2 is 2.46 bits per heavy atom. The molecule has 3 N–H and O–H groups in total. The van der Waals surface area contributed by atoms with Gasteiger partial charge in [0.2, 0.25) is 0 Å². The van der Waals surface area contributed by atoms with E-state index in [1.165, 1.54) is 11.3 Å². The highest BCUT2D eigenvalue weighted by atomic mass is 16.3. The molecule has 0 aromatic rings. The molecule has 0 aromatic heterocycles. The Labute approximate surface area is 79.5 Å². The quantitative estimate of drug-likeness (QED) is 0.591. The molecule has 1 aliphatic rings. The van der Waals surface area contributed by atoms with Crippen LogP contribution >= 0.6 is 0 Å². The first-order valence-electron chi connectivity index (χ1n) is 4.74. The first-order chi connectivity index (χ1) is 6.31. The summed E-state index contributed by atoms with van der Waals surface area (Å²) in [7, 11) is 0. The van der Waals surface area contributed by atoms with Crippen LogP contribution in [-0.2, 0) is 0 Å². The minimum atomic E-state index is 0.132. The second kappa shape index (κ2) is 5.04. The molecular weight excluding hydrogens is 164 g/mol. The fraction of sp³-hybridized carbons (Fsp3) is 0.600. The van der Waals surface area contributed by atoms with Gasteiger partial charge in [0.05, 0.1) is 12.6 Å². The van der Waals surface area contributed by atoms with Gasteiger partial charge in [-0.05, 0) is 12.0 Å². The first-order valence-corrected chi connectivity index (χ1v) is 4.74. The molecular formula is C10H18N2O. The lowest BCUT2D eigenvalue weighted by Crippen LogP contribution is -2.38. The van der Waals surface area contributed by atoms with E-state index in [0.29, 0.717) is 0 Å². The number of hydrogen-bond donors (Lipinski definition) is 3. The molecule has 3 nitrogen and oxygen atoms in total. The molecule has 3 heteroatoms. The van der Waals surface area contributed by atoms with Crippen molar-refractivity contribution in [2.24, 2.45) is 0 Å². The summed E-state index contributed by atoms with van der Waals surface area (Å²) >= 11 is 0. The van der Waals surface area contributed by atoms with E-state index in [1.807, 2.05) is 6.08 Å². The molecule has 0 radical (unpaired) electrons. The molecule has 1 unspecified atom stereocenters. The van der Waals surface area contributed by atoms with Crippen LogP contribution in [0.4, 0.5) is 0 Å². The maximum Gasteiger partial charge on any atom is 0.0645 e. The fourth-order valence-electron chi connectivity index (χ4n) is 1.51. The van der Waals surface area contributed by atoms with Crippen LogP contribution in [-0.4, -0.2) is 30.8 Å². The number of aliphatic hydroxyl groups is 1. The van der Waals surface area contributed by atoms with Gasteiger partial charge in [-0.2, -0.15) is 0 Å². The average Bonchev–Trinajstić information content (AvgIpc) is 2.38. The van der Waals surface area contributed by atoms with Crippen LogP contribution < -0.4 is 10.6 Å². The Bertz CT molecular complexity index is 211. The highest BCUT2D eigenvalue weighted by Crippen LogP contribution is 2.09. The van der Waals surface area contributed by atoms with Gasteiger partial charge < -0.3 is 15.7 Å². The van der Waals surface area contributed by atoms with Crippen LogP contribution in [0, 0.1) is 0 Å². The highest BCUT2D eigenvalue weighted by molar-refractivity contribution is 5.26. The second-order valence-corrected chi connectivity index (χ2v) is 3.22. The Balaban J connectivity index is 2.74. The molecule has 0 saturated heterocycles. The Morgan fingerprint density at radius 3 is 3.00 bits per heavy atom. The number of nitrogens with one attached hydrogen (secondary N) is 2. The molecule has 1 heterocycles. The molecule has 1 rings (SSSR count). The lowest BCUT2D eigenvalue weighted by Gasteiger charge is -2.16. The van der Waals surface area contributed by atoms with Gasteiger partial charge in [0.15, 0.2) is 0 Å². The van der Waals surface area contributed by atoms with Crippen LogP contribution in [0.2, 0.25) is 0 Å². The highest BCUT2D eigenvalue weighted by Gasteiger charge is 2.13. The fourth-order valence-corrected chi connectivity index (χ4v) is 1.51. The first kappa shape index (κ1) is 10.3. The van der Waals surface area contributed by atoms with Gasteiger partial charge in [-0.1, -0.05) is 19.6 Å². The van der Waals surface area contributed by atoms with E-state index in [1.54, 1.807) is 0 Å². The Kier molecular flexibility index (Phi) is 3.99. The van der Waals surface area contributed by atoms with Crippen molar-refractivity contribution in [1.29, 1.82) is 0 Å². The largest absolute Gasteiger partial charge is 0.394 e. The van der Waals surface area contributed by atoms with Crippen molar-refractivity contribution in [2.75, 3.05) is 19.7 Å². The molecule has 13 heavy (non-hydrogen) atoms. The topological polar surface area (TPSA) is 44.3 Å². The molecule has 0 fully saturated rings. The van der Waals surface area contributed by atoms with Gasteiger partial charge >= 0.3 is 0 Å². The van der Waals surface area contributed by atoms with E-state index in [2.05, 4.69) is 24.1 Å². The van der Waals surface area contributed by atoms with Crippen molar-refractivity contribution < 1.29 is 5.11 Å². The summed E-state index contributed by atoms with van der Waals surface area (Å²) in [5.41, 5.74) is 2.40. The average molecular weight is 182 g/mol. The molecule has 0 spiro atoms. The maximum absolute atomic E-state index is 9.04. The molecule has 0 saturated carbocycles. The minimum Gasteiger partial charge on any atom is -0.394 e. The zero-order valence-electron chi connectivity index (χ0n) is 8.14. The lowest BCUT2D eigenvalue weighted by molar-refractivity contribution is 0.248. The van der Waals surface area contributed by atoms with Crippen molar-refractivity contribution in [1.82, 2.24) is 10.6 Å². The number of aliphatic hydroxyl groups excluding tert-OH is 1. The van der Waals surface area contributed by atoms with Crippen molar-refractivity contribution in [2.45, 2.75) is 19.4 Å². The predicted octanol–water partition coefficient (Wildman–Crippen LogP) is 0.390. The van der Waals surface area contributed by atoms with Crippen LogP contribution in [0.3, 0.4) is 0 Å². The van der Waals surface area contributed by atoms with E-state index in [9.17, 15) is 0 Å². The van der Waals surface area contributed by atoms with Crippen LogP contribution in [0.5, 0.6) is 0 Å². The van der Waals surface area contributed by atoms with Gasteiger partial charge in [0, 0.05) is 18.8 Å². The number of allylic oxidation sites excluding steroid dienone is 1. The Hall–Kier alpha value is -0.800. The number of hydrogen-bond acceptors (Lipinski definition) is 3. The smallest absolute Gasteiger partial charge is 0.0645 e. The van der Waals surface area contributed by atoms with Gasteiger partial charge in [0.1, 0.15) is 0 Å². The SMILES string of the molecule is C=CC1=C(CC)NC(CO)CNC1. The van der Waals surface area contributed by atoms with Crippen LogP contribution in [0.15, 0.2) is 23.9 Å². The summed E-state index contributed by atoms with van der Waals surface area (Å²) in [5, 5.41) is 15.6. The molecule has 1 atom stereocenters. The summed E-state index contributed by atoms with van der Waals surface area (Å²) in [6, 6.07) is 0.132. The van der Waals surface area contributed by atoms with E-state index in [0.717, 1.165) is 19.5 Å². The molecule has 1 aliphatic heterocycles. The number of rotatable bonds is 3. The van der Waals surface area contributed by atoms with Gasteiger partial charge in [-0.15, -0.1) is 0 Å². The summed E-state index contributed by atoms with van der Waals surface area (Å²) < 4.78 is 0.